The second-order valence-electron chi connectivity index (χ2n) is 4.19. The predicted octanol–water partition coefficient (Wildman–Crippen LogP) is 3.11. The molecule has 0 unspecified atom stereocenters. The van der Waals surface area contributed by atoms with Gasteiger partial charge in [-0.2, -0.15) is 0 Å². The summed E-state index contributed by atoms with van der Waals surface area (Å²) in [5.41, 5.74) is 1.42. The Morgan fingerprint density at radius 2 is 2.33 bits per heavy atom. The van der Waals surface area contributed by atoms with Crippen LogP contribution in [-0.2, 0) is 0 Å². The first-order valence-electron chi connectivity index (χ1n) is 6.14. The SMILES string of the molecule is CCCCCNC(=O)c1cn(Br)c2ncccc12. The van der Waals surface area contributed by atoms with Crippen molar-refractivity contribution < 1.29 is 4.79 Å². The average molecular weight is 310 g/mol. The highest BCUT2D eigenvalue weighted by Crippen LogP contribution is 2.20. The lowest BCUT2D eigenvalue weighted by Crippen LogP contribution is -2.24. The van der Waals surface area contributed by atoms with Crippen LogP contribution in [0.5, 0.6) is 0 Å². The van der Waals surface area contributed by atoms with Crippen LogP contribution < -0.4 is 5.32 Å². The second-order valence-corrected chi connectivity index (χ2v) is 4.96. The van der Waals surface area contributed by atoms with Crippen molar-refractivity contribution in [1.82, 2.24) is 13.9 Å². The van der Waals surface area contributed by atoms with Gasteiger partial charge in [0.25, 0.3) is 5.91 Å². The summed E-state index contributed by atoms with van der Waals surface area (Å²) in [5, 5.41) is 3.80. The van der Waals surface area contributed by atoms with Crippen molar-refractivity contribution in [2.45, 2.75) is 26.2 Å². The third-order valence-corrected chi connectivity index (χ3v) is 3.37. The van der Waals surface area contributed by atoms with Gasteiger partial charge in [-0.3, -0.25) is 8.39 Å². The van der Waals surface area contributed by atoms with Gasteiger partial charge in [0.15, 0.2) is 5.65 Å². The van der Waals surface area contributed by atoms with Crippen molar-refractivity contribution >= 4 is 33.1 Å². The summed E-state index contributed by atoms with van der Waals surface area (Å²) in [6.07, 6.45) is 6.78. The number of unbranched alkanes of at least 4 members (excludes halogenated alkanes) is 2. The number of halogens is 1. The zero-order valence-corrected chi connectivity index (χ0v) is 11.9. The van der Waals surface area contributed by atoms with E-state index in [9.17, 15) is 4.79 Å². The van der Waals surface area contributed by atoms with E-state index in [1.165, 1.54) is 0 Å². The molecule has 0 radical (unpaired) electrons. The van der Waals surface area contributed by atoms with E-state index in [0.29, 0.717) is 5.56 Å². The highest BCUT2D eigenvalue weighted by molar-refractivity contribution is 9.08. The molecule has 1 N–H and O–H groups in total. The topological polar surface area (TPSA) is 46.9 Å². The summed E-state index contributed by atoms with van der Waals surface area (Å²) >= 11 is 3.35. The Balaban J connectivity index is 2.13. The van der Waals surface area contributed by atoms with E-state index in [1.54, 1.807) is 16.0 Å². The lowest BCUT2D eigenvalue weighted by Gasteiger charge is -2.03. The molecule has 96 valence electrons. The maximum atomic E-state index is 12.1. The average Bonchev–Trinajstić information content (AvgIpc) is 2.73. The molecule has 0 saturated carbocycles. The fraction of sp³-hybridized carbons (Fsp3) is 0.385. The van der Waals surface area contributed by atoms with E-state index in [-0.39, 0.29) is 5.91 Å². The number of carbonyl (C=O) groups is 1. The van der Waals surface area contributed by atoms with E-state index >= 15 is 0 Å². The molecule has 2 heterocycles. The van der Waals surface area contributed by atoms with Gasteiger partial charge in [0, 0.05) is 24.3 Å². The van der Waals surface area contributed by atoms with Gasteiger partial charge in [-0.05, 0) is 18.6 Å². The van der Waals surface area contributed by atoms with E-state index < -0.39 is 0 Å². The molecule has 0 atom stereocenters. The van der Waals surface area contributed by atoms with E-state index in [1.807, 2.05) is 12.1 Å². The van der Waals surface area contributed by atoms with Crippen molar-refractivity contribution in [1.29, 1.82) is 0 Å². The van der Waals surface area contributed by atoms with Crippen molar-refractivity contribution in [2.24, 2.45) is 0 Å². The molecule has 0 aromatic carbocycles. The Kier molecular flexibility index (Phi) is 4.36. The normalized spacial score (nSPS) is 10.8. The predicted molar refractivity (Wildman–Crippen MR) is 75.9 cm³/mol. The van der Waals surface area contributed by atoms with Gasteiger partial charge in [-0.1, -0.05) is 19.8 Å². The number of carbonyl (C=O) groups excluding carboxylic acids is 1. The Bertz CT molecular complexity index is 550. The van der Waals surface area contributed by atoms with Gasteiger partial charge in [-0.15, -0.1) is 0 Å². The number of pyridine rings is 1. The summed E-state index contributed by atoms with van der Waals surface area (Å²) in [6.45, 7) is 2.87. The molecule has 5 heteroatoms. The monoisotopic (exact) mass is 309 g/mol. The van der Waals surface area contributed by atoms with Crippen LogP contribution >= 0.6 is 16.1 Å². The first-order chi connectivity index (χ1) is 8.74. The van der Waals surface area contributed by atoms with Crippen molar-refractivity contribution in [3.63, 3.8) is 0 Å². The van der Waals surface area contributed by atoms with E-state index in [2.05, 4.69) is 33.4 Å². The van der Waals surface area contributed by atoms with E-state index in [4.69, 9.17) is 0 Å². The summed E-state index contributed by atoms with van der Waals surface area (Å²) in [4.78, 5) is 16.3. The highest BCUT2D eigenvalue weighted by Gasteiger charge is 2.14. The van der Waals surface area contributed by atoms with Gasteiger partial charge in [0.2, 0.25) is 0 Å². The van der Waals surface area contributed by atoms with E-state index in [0.717, 1.165) is 36.8 Å². The molecule has 0 aliphatic rings. The number of aromatic nitrogens is 2. The molecule has 0 saturated heterocycles. The maximum Gasteiger partial charge on any atom is 0.253 e. The standard InChI is InChI=1S/C13H16BrN3O/c1-2-3-4-7-16-13(18)11-9-17(14)12-10(11)6-5-8-15-12/h5-6,8-9H,2-4,7H2,1H3,(H,16,18). The van der Waals surface area contributed by atoms with Crippen LogP contribution in [0.25, 0.3) is 11.0 Å². The van der Waals surface area contributed by atoms with Crippen LogP contribution in [0.3, 0.4) is 0 Å². The highest BCUT2D eigenvalue weighted by atomic mass is 79.9. The van der Waals surface area contributed by atoms with Crippen LogP contribution in [0.1, 0.15) is 36.5 Å². The largest absolute Gasteiger partial charge is 0.352 e. The minimum Gasteiger partial charge on any atom is -0.352 e. The molecule has 18 heavy (non-hydrogen) atoms. The van der Waals surface area contributed by atoms with Crippen LogP contribution in [0.4, 0.5) is 0 Å². The Morgan fingerprint density at radius 3 is 3.11 bits per heavy atom. The lowest BCUT2D eigenvalue weighted by molar-refractivity contribution is 0.0954. The molecule has 2 aromatic heterocycles. The summed E-state index contributed by atoms with van der Waals surface area (Å²) in [5.74, 6) is -0.0395. The van der Waals surface area contributed by atoms with Crippen LogP contribution in [-0.4, -0.2) is 21.0 Å². The second kappa shape index (κ2) is 6.00. The number of nitrogens with zero attached hydrogens (tertiary/aromatic N) is 2. The first kappa shape index (κ1) is 13.1. The Hall–Kier alpha value is -1.36. The third kappa shape index (κ3) is 2.72. The molecule has 0 fully saturated rings. The van der Waals surface area contributed by atoms with Crippen LogP contribution in [0.15, 0.2) is 24.5 Å². The fourth-order valence-electron chi connectivity index (χ4n) is 1.87. The number of amides is 1. The molecule has 2 aromatic rings. The first-order valence-corrected chi connectivity index (χ1v) is 6.85. The summed E-state index contributed by atoms with van der Waals surface area (Å²) in [6, 6.07) is 3.74. The van der Waals surface area contributed by atoms with Gasteiger partial charge < -0.3 is 5.32 Å². The summed E-state index contributed by atoms with van der Waals surface area (Å²) < 4.78 is 1.70. The molecule has 0 aliphatic carbocycles. The van der Waals surface area contributed by atoms with Crippen molar-refractivity contribution in [3.8, 4) is 0 Å². The molecular formula is C13H16BrN3O. The van der Waals surface area contributed by atoms with Crippen LogP contribution in [0, 0.1) is 0 Å². The van der Waals surface area contributed by atoms with Gasteiger partial charge in [-0.25, -0.2) is 4.98 Å². The number of rotatable bonds is 5. The lowest BCUT2D eigenvalue weighted by atomic mass is 10.2. The minimum absolute atomic E-state index is 0.0395. The van der Waals surface area contributed by atoms with Crippen LogP contribution in [0.2, 0.25) is 0 Å². The number of hydrogen-bond acceptors (Lipinski definition) is 2. The Labute approximate surface area is 115 Å². The van der Waals surface area contributed by atoms with Gasteiger partial charge in [0.05, 0.1) is 21.7 Å². The number of fused-ring (bicyclic) bond motifs is 1. The Morgan fingerprint density at radius 1 is 1.50 bits per heavy atom. The van der Waals surface area contributed by atoms with Gasteiger partial charge in [0.1, 0.15) is 0 Å². The number of nitrogens with one attached hydrogen (secondary N) is 1. The van der Waals surface area contributed by atoms with Crippen molar-refractivity contribution in [3.05, 3.63) is 30.1 Å². The maximum absolute atomic E-state index is 12.1. The minimum atomic E-state index is -0.0395. The molecule has 0 aliphatic heterocycles. The quantitative estimate of drug-likeness (QED) is 0.863. The molecular weight excluding hydrogens is 294 g/mol. The molecule has 0 spiro atoms. The van der Waals surface area contributed by atoms with Crippen molar-refractivity contribution in [2.75, 3.05) is 6.54 Å². The number of hydrogen-bond donors (Lipinski definition) is 1. The summed E-state index contributed by atoms with van der Waals surface area (Å²) in [7, 11) is 0. The zero-order valence-electron chi connectivity index (χ0n) is 10.3. The molecule has 2 rings (SSSR count). The molecule has 4 nitrogen and oxygen atoms in total. The third-order valence-electron chi connectivity index (χ3n) is 2.83. The fourth-order valence-corrected chi connectivity index (χ4v) is 2.36. The zero-order chi connectivity index (χ0) is 13.0. The smallest absolute Gasteiger partial charge is 0.253 e. The molecule has 0 bridgehead atoms. The molecule has 1 amide bonds. The van der Waals surface area contributed by atoms with Gasteiger partial charge >= 0.3 is 0 Å².